The molecule has 1 aromatic rings. The number of methoxy groups -OCH3 is 1. The number of rotatable bonds is 7. The van der Waals surface area contributed by atoms with Gasteiger partial charge in [-0.1, -0.05) is 13.3 Å². The van der Waals surface area contributed by atoms with Crippen molar-refractivity contribution in [1.82, 2.24) is 9.78 Å². The highest BCUT2D eigenvalue weighted by molar-refractivity contribution is 5.28. The van der Waals surface area contributed by atoms with Crippen LogP contribution in [0, 0.1) is 0 Å². The molecule has 0 bridgehead atoms. The van der Waals surface area contributed by atoms with Gasteiger partial charge in [0.25, 0.3) is 0 Å². The number of hydrogen-bond acceptors (Lipinski definition) is 4. The quantitative estimate of drug-likeness (QED) is 0.788. The third-order valence-corrected chi connectivity index (χ3v) is 2.84. The Hall–Kier alpha value is -1.07. The molecule has 0 saturated heterocycles. The van der Waals surface area contributed by atoms with Crippen molar-refractivity contribution in [2.45, 2.75) is 38.8 Å². The van der Waals surface area contributed by atoms with Crippen LogP contribution < -0.4 is 10.5 Å². The van der Waals surface area contributed by atoms with E-state index in [0.29, 0.717) is 6.61 Å². The van der Waals surface area contributed by atoms with Gasteiger partial charge < -0.3 is 15.2 Å². The van der Waals surface area contributed by atoms with Gasteiger partial charge in [-0.15, -0.1) is 0 Å². The Morgan fingerprint density at radius 2 is 2.18 bits per heavy atom. The minimum absolute atomic E-state index is 0.00861. The zero-order valence-electron chi connectivity index (χ0n) is 11.1. The molecule has 2 unspecified atom stereocenters. The third-order valence-electron chi connectivity index (χ3n) is 2.84. The number of nitrogens with two attached hydrogens (primary N) is 1. The van der Waals surface area contributed by atoms with Crippen molar-refractivity contribution in [3.05, 3.63) is 11.9 Å². The lowest BCUT2D eigenvalue weighted by Crippen LogP contribution is -2.31. The first kappa shape index (κ1) is 14.0. The Labute approximate surface area is 103 Å². The molecule has 0 radical (unpaired) electrons. The molecule has 0 aliphatic rings. The molecule has 0 aliphatic carbocycles. The average molecular weight is 241 g/mol. The second-order valence-corrected chi connectivity index (χ2v) is 4.03. The van der Waals surface area contributed by atoms with Gasteiger partial charge in [-0.05, 0) is 13.3 Å². The first-order valence-electron chi connectivity index (χ1n) is 6.08. The van der Waals surface area contributed by atoms with E-state index in [9.17, 15) is 0 Å². The van der Waals surface area contributed by atoms with E-state index in [1.54, 1.807) is 18.0 Å². The highest BCUT2D eigenvalue weighted by Crippen LogP contribution is 2.27. The Kier molecular flexibility index (Phi) is 5.44. The topological polar surface area (TPSA) is 62.3 Å². The third kappa shape index (κ3) is 3.20. The summed E-state index contributed by atoms with van der Waals surface area (Å²) < 4.78 is 12.7. The molecule has 5 nitrogen and oxygen atoms in total. The lowest BCUT2D eigenvalue weighted by molar-refractivity contribution is 0.0351. The smallest absolute Gasteiger partial charge is 0.161 e. The zero-order valence-corrected chi connectivity index (χ0v) is 11.1. The average Bonchev–Trinajstić information content (AvgIpc) is 2.69. The lowest BCUT2D eigenvalue weighted by Gasteiger charge is -2.24. The van der Waals surface area contributed by atoms with Crippen LogP contribution in [0.4, 0.5) is 0 Å². The van der Waals surface area contributed by atoms with Gasteiger partial charge >= 0.3 is 0 Å². The molecule has 0 saturated carbocycles. The summed E-state index contributed by atoms with van der Waals surface area (Å²) in [4.78, 5) is 0. The summed E-state index contributed by atoms with van der Waals surface area (Å²) in [5.74, 6) is 0.723. The summed E-state index contributed by atoms with van der Waals surface area (Å²) in [5.41, 5.74) is 7.16. The van der Waals surface area contributed by atoms with Crippen LogP contribution in [-0.4, -0.2) is 29.6 Å². The second kappa shape index (κ2) is 6.61. The molecular formula is C12H23N3O2. The van der Waals surface area contributed by atoms with Crippen molar-refractivity contribution in [1.29, 1.82) is 0 Å². The molecule has 0 aromatic carbocycles. The number of ether oxygens (including phenoxy) is 2. The van der Waals surface area contributed by atoms with Gasteiger partial charge in [-0.25, -0.2) is 0 Å². The van der Waals surface area contributed by atoms with Gasteiger partial charge in [-0.2, -0.15) is 5.10 Å². The Morgan fingerprint density at radius 3 is 2.71 bits per heavy atom. The van der Waals surface area contributed by atoms with Crippen LogP contribution in [0.15, 0.2) is 6.20 Å². The summed E-state index contributed by atoms with van der Waals surface area (Å²) in [6, 6.07) is -0.211. The van der Waals surface area contributed by atoms with Gasteiger partial charge in [0, 0.05) is 13.7 Å². The second-order valence-electron chi connectivity index (χ2n) is 4.03. The minimum atomic E-state index is -0.211. The van der Waals surface area contributed by atoms with Crippen molar-refractivity contribution < 1.29 is 9.47 Å². The Balaban J connectivity index is 2.90. The summed E-state index contributed by atoms with van der Waals surface area (Å²) in [5, 5.41) is 4.17. The summed E-state index contributed by atoms with van der Waals surface area (Å²) in [7, 11) is 3.50. The number of hydrogen-bond donors (Lipinski definition) is 1. The van der Waals surface area contributed by atoms with Gasteiger partial charge in [0.2, 0.25) is 0 Å². The van der Waals surface area contributed by atoms with Crippen LogP contribution in [0.1, 0.15) is 38.4 Å². The van der Waals surface area contributed by atoms with E-state index in [-0.39, 0.29) is 12.1 Å². The van der Waals surface area contributed by atoms with E-state index in [2.05, 4.69) is 12.0 Å². The molecule has 0 amide bonds. The molecule has 0 spiro atoms. The number of aromatic nitrogens is 2. The van der Waals surface area contributed by atoms with Crippen molar-refractivity contribution in [2.24, 2.45) is 12.8 Å². The van der Waals surface area contributed by atoms with Crippen molar-refractivity contribution in [3.63, 3.8) is 0 Å². The Morgan fingerprint density at radius 1 is 1.47 bits per heavy atom. The number of nitrogens with zero attached hydrogens (tertiary/aromatic N) is 2. The number of aryl methyl sites for hydroxylation is 1. The van der Waals surface area contributed by atoms with Gasteiger partial charge in [0.1, 0.15) is 0 Å². The van der Waals surface area contributed by atoms with Crippen molar-refractivity contribution in [2.75, 3.05) is 13.7 Å². The predicted molar refractivity (Wildman–Crippen MR) is 67.0 cm³/mol. The van der Waals surface area contributed by atoms with Crippen LogP contribution in [0.2, 0.25) is 0 Å². The molecule has 0 aliphatic heterocycles. The van der Waals surface area contributed by atoms with Crippen LogP contribution in [-0.2, 0) is 11.8 Å². The molecule has 2 atom stereocenters. The Bertz CT molecular complexity index is 332. The van der Waals surface area contributed by atoms with E-state index >= 15 is 0 Å². The maximum atomic E-state index is 6.27. The fourth-order valence-corrected chi connectivity index (χ4v) is 2.01. The van der Waals surface area contributed by atoms with Gasteiger partial charge in [0.15, 0.2) is 5.75 Å². The normalized spacial score (nSPS) is 14.6. The SMILES string of the molecule is CCCC(OCC)C(N)c1c(OC)cnn1C. The predicted octanol–water partition coefficient (Wildman–Crippen LogP) is 1.63. The maximum Gasteiger partial charge on any atom is 0.161 e. The van der Waals surface area contributed by atoms with Crippen LogP contribution in [0.25, 0.3) is 0 Å². The highest BCUT2D eigenvalue weighted by atomic mass is 16.5. The molecule has 98 valence electrons. The summed E-state index contributed by atoms with van der Waals surface area (Å²) in [6.45, 7) is 4.77. The van der Waals surface area contributed by atoms with Crippen LogP contribution in [0.5, 0.6) is 5.75 Å². The molecule has 0 fully saturated rings. The van der Waals surface area contributed by atoms with E-state index in [1.165, 1.54) is 0 Å². The maximum absolute atomic E-state index is 6.27. The van der Waals surface area contributed by atoms with Crippen LogP contribution in [0.3, 0.4) is 0 Å². The summed E-state index contributed by atoms with van der Waals surface area (Å²) in [6.07, 6.45) is 3.67. The molecule has 2 N–H and O–H groups in total. The van der Waals surface area contributed by atoms with Crippen LogP contribution >= 0.6 is 0 Å². The molecule has 1 aromatic heterocycles. The molecule has 5 heteroatoms. The zero-order chi connectivity index (χ0) is 12.8. The van der Waals surface area contributed by atoms with E-state index in [1.807, 2.05) is 14.0 Å². The standard InChI is InChI=1S/C12H23N3O2/c1-5-7-9(17-6-2)11(13)12-10(16-4)8-14-15(12)3/h8-9,11H,5-7,13H2,1-4H3. The fraction of sp³-hybridized carbons (Fsp3) is 0.750. The van der Waals surface area contributed by atoms with Gasteiger partial charge in [-0.3, -0.25) is 4.68 Å². The fourth-order valence-electron chi connectivity index (χ4n) is 2.01. The van der Waals surface area contributed by atoms with E-state index < -0.39 is 0 Å². The van der Waals surface area contributed by atoms with Crippen molar-refractivity contribution >= 4 is 0 Å². The summed E-state index contributed by atoms with van der Waals surface area (Å²) >= 11 is 0. The van der Waals surface area contributed by atoms with E-state index in [4.69, 9.17) is 15.2 Å². The first-order valence-corrected chi connectivity index (χ1v) is 6.08. The van der Waals surface area contributed by atoms with Crippen molar-refractivity contribution in [3.8, 4) is 5.75 Å². The highest BCUT2D eigenvalue weighted by Gasteiger charge is 2.25. The minimum Gasteiger partial charge on any atom is -0.493 e. The molecule has 1 heterocycles. The molecular weight excluding hydrogens is 218 g/mol. The molecule has 17 heavy (non-hydrogen) atoms. The lowest BCUT2D eigenvalue weighted by atomic mass is 10.0. The monoisotopic (exact) mass is 241 g/mol. The van der Waals surface area contributed by atoms with Gasteiger partial charge in [0.05, 0.1) is 31.1 Å². The largest absolute Gasteiger partial charge is 0.493 e. The first-order chi connectivity index (χ1) is 8.15. The van der Waals surface area contributed by atoms with E-state index in [0.717, 1.165) is 24.3 Å². The molecule has 1 rings (SSSR count).